The van der Waals surface area contributed by atoms with E-state index in [-0.39, 0.29) is 11.2 Å². The van der Waals surface area contributed by atoms with E-state index < -0.39 is 0 Å². The molecule has 2 heterocycles. The van der Waals surface area contributed by atoms with Gasteiger partial charge in [-0.15, -0.1) is 0 Å². The fourth-order valence-electron chi connectivity index (χ4n) is 3.04. The zero-order valence-electron chi connectivity index (χ0n) is 11.1. The van der Waals surface area contributed by atoms with E-state index in [9.17, 15) is 9.59 Å². The molecule has 1 atom stereocenters. The molecule has 1 aromatic heterocycles. The molecule has 3 rings (SSSR count). The molecule has 0 amide bonds. The molecule has 5 nitrogen and oxygen atoms in total. The lowest BCUT2D eigenvalue weighted by atomic mass is 9.93. The number of aromatic nitrogens is 2. The molecule has 0 saturated carbocycles. The number of para-hydroxylation sites is 1. The molecule has 1 aliphatic heterocycles. The van der Waals surface area contributed by atoms with Crippen molar-refractivity contribution in [1.29, 1.82) is 0 Å². The summed E-state index contributed by atoms with van der Waals surface area (Å²) >= 11 is 0. The lowest BCUT2D eigenvalue weighted by molar-refractivity contribution is 0.290. The molecule has 0 radical (unpaired) electrons. The molecule has 100 valence electrons. The Balaban J connectivity index is 2.21. The molecule has 1 aromatic carbocycles. The van der Waals surface area contributed by atoms with Gasteiger partial charge in [-0.25, -0.2) is 4.79 Å². The third kappa shape index (κ3) is 2.00. The van der Waals surface area contributed by atoms with Gasteiger partial charge in [0, 0.05) is 13.1 Å². The van der Waals surface area contributed by atoms with Gasteiger partial charge in [0.1, 0.15) is 0 Å². The Morgan fingerprint density at radius 3 is 2.89 bits per heavy atom. The van der Waals surface area contributed by atoms with E-state index in [4.69, 9.17) is 0 Å². The average molecular weight is 259 g/mol. The summed E-state index contributed by atoms with van der Waals surface area (Å²) < 4.78 is 1.71. The Morgan fingerprint density at radius 1 is 1.37 bits per heavy atom. The summed E-state index contributed by atoms with van der Waals surface area (Å²) in [7, 11) is 4.07. The molecule has 19 heavy (non-hydrogen) atoms. The van der Waals surface area contributed by atoms with Crippen LogP contribution in [0, 0.1) is 5.92 Å². The molecular formula is C14H17N3O2. The summed E-state index contributed by atoms with van der Waals surface area (Å²) in [4.78, 5) is 28.4. The van der Waals surface area contributed by atoms with Crippen LogP contribution in [0.15, 0.2) is 27.8 Å². The first-order valence-electron chi connectivity index (χ1n) is 6.45. The average Bonchev–Trinajstić information content (AvgIpc) is 2.34. The largest absolute Gasteiger partial charge is 0.328 e. The summed E-state index contributed by atoms with van der Waals surface area (Å²) in [5.74, 6) is 0.400. The van der Waals surface area contributed by atoms with Crippen molar-refractivity contribution in [3.05, 3.63) is 44.6 Å². The smallest absolute Gasteiger partial charge is 0.309 e. The molecule has 5 heteroatoms. The van der Waals surface area contributed by atoms with Crippen LogP contribution < -0.4 is 11.2 Å². The van der Waals surface area contributed by atoms with Crippen molar-refractivity contribution in [2.45, 2.75) is 13.0 Å². The van der Waals surface area contributed by atoms with Gasteiger partial charge in [0.25, 0.3) is 5.56 Å². The second-order valence-electron chi connectivity index (χ2n) is 5.52. The predicted octanol–water partition coefficient (Wildman–Crippen LogP) is 0.424. The van der Waals surface area contributed by atoms with E-state index in [1.165, 1.54) is 0 Å². The molecule has 0 fully saturated rings. The summed E-state index contributed by atoms with van der Waals surface area (Å²) in [5.41, 5.74) is 1.32. The van der Waals surface area contributed by atoms with Gasteiger partial charge in [0.2, 0.25) is 0 Å². The zero-order chi connectivity index (χ0) is 13.6. The fraction of sp³-hybridized carbons (Fsp3) is 0.429. The molecule has 1 N–H and O–H groups in total. The van der Waals surface area contributed by atoms with Crippen molar-refractivity contribution in [1.82, 2.24) is 14.5 Å². The van der Waals surface area contributed by atoms with Crippen LogP contribution in [0.2, 0.25) is 0 Å². The number of benzene rings is 1. The second-order valence-corrected chi connectivity index (χ2v) is 5.52. The van der Waals surface area contributed by atoms with Crippen molar-refractivity contribution < 1.29 is 0 Å². The van der Waals surface area contributed by atoms with Crippen molar-refractivity contribution in [3.63, 3.8) is 0 Å². The molecule has 2 aromatic rings. The van der Waals surface area contributed by atoms with E-state index in [0.717, 1.165) is 24.0 Å². The van der Waals surface area contributed by atoms with Crippen LogP contribution in [0.1, 0.15) is 5.56 Å². The SMILES string of the molecule is CN(C)CC1Cc2cccc3c(=O)[nH]c(=O)n(c23)C1. The van der Waals surface area contributed by atoms with E-state index in [0.29, 0.717) is 17.8 Å². The maximum atomic E-state index is 12.0. The molecule has 0 aliphatic carbocycles. The van der Waals surface area contributed by atoms with Crippen LogP contribution in [0.25, 0.3) is 10.9 Å². The number of rotatable bonds is 2. The minimum atomic E-state index is -0.298. The summed E-state index contributed by atoms with van der Waals surface area (Å²) in [5, 5.41) is 0.611. The first-order valence-corrected chi connectivity index (χ1v) is 6.45. The Hall–Kier alpha value is -1.88. The van der Waals surface area contributed by atoms with E-state index in [1.54, 1.807) is 10.6 Å². The first kappa shape index (κ1) is 12.2. The van der Waals surface area contributed by atoms with Crippen molar-refractivity contribution in [3.8, 4) is 0 Å². The van der Waals surface area contributed by atoms with Crippen LogP contribution in [0.3, 0.4) is 0 Å². The van der Waals surface area contributed by atoms with Crippen LogP contribution in [0.4, 0.5) is 0 Å². The van der Waals surface area contributed by atoms with Crippen molar-refractivity contribution >= 4 is 10.9 Å². The van der Waals surface area contributed by atoms with Crippen molar-refractivity contribution in [2.75, 3.05) is 20.6 Å². The van der Waals surface area contributed by atoms with Gasteiger partial charge < -0.3 is 4.90 Å². The highest BCUT2D eigenvalue weighted by Gasteiger charge is 2.22. The molecular weight excluding hydrogens is 242 g/mol. The third-order valence-electron chi connectivity index (χ3n) is 3.67. The highest BCUT2D eigenvalue weighted by atomic mass is 16.2. The lowest BCUT2D eigenvalue weighted by Crippen LogP contribution is -2.38. The number of nitrogens with zero attached hydrogens (tertiary/aromatic N) is 2. The van der Waals surface area contributed by atoms with Crippen molar-refractivity contribution in [2.24, 2.45) is 5.92 Å². The zero-order valence-corrected chi connectivity index (χ0v) is 11.1. The van der Waals surface area contributed by atoms with Gasteiger partial charge in [-0.05, 0) is 38.1 Å². The number of nitrogens with one attached hydrogen (secondary N) is 1. The molecule has 0 bridgehead atoms. The minimum absolute atomic E-state index is 0.288. The number of aromatic amines is 1. The van der Waals surface area contributed by atoms with Crippen LogP contribution in [0.5, 0.6) is 0 Å². The standard InChI is InChI=1S/C14H17N3O2/c1-16(2)7-9-6-10-4-3-5-11-12(10)17(8-9)14(19)15-13(11)18/h3-5,9H,6-8H2,1-2H3,(H,15,18,19). The number of H-pyrrole nitrogens is 1. The minimum Gasteiger partial charge on any atom is -0.309 e. The van der Waals surface area contributed by atoms with E-state index in [1.807, 2.05) is 26.2 Å². The van der Waals surface area contributed by atoms with Gasteiger partial charge in [-0.3, -0.25) is 14.3 Å². The quantitative estimate of drug-likeness (QED) is 0.850. The Morgan fingerprint density at radius 2 is 2.16 bits per heavy atom. The maximum Gasteiger partial charge on any atom is 0.328 e. The van der Waals surface area contributed by atoms with Crippen LogP contribution >= 0.6 is 0 Å². The Bertz CT molecular complexity index is 742. The first-order chi connectivity index (χ1) is 9.06. The summed E-state index contributed by atoms with van der Waals surface area (Å²) in [6.45, 7) is 1.60. The summed E-state index contributed by atoms with van der Waals surface area (Å²) in [6.07, 6.45) is 0.915. The highest BCUT2D eigenvalue weighted by Crippen LogP contribution is 2.24. The topological polar surface area (TPSA) is 58.1 Å². The molecule has 1 unspecified atom stereocenters. The second kappa shape index (κ2) is 4.35. The van der Waals surface area contributed by atoms with E-state index >= 15 is 0 Å². The Kier molecular flexibility index (Phi) is 2.78. The van der Waals surface area contributed by atoms with Crippen LogP contribution in [-0.2, 0) is 13.0 Å². The number of hydrogen-bond donors (Lipinski definition) is 1. The lowest BCUT2D eigenvalue weighted by Gasteiger charge is -2.28. The summed E-state index contributed by atoms with van der Waals surface area (Å²) in [6, 6.07) is 5.68. The van der Waals surface area contributed by atoms with Crippen LogP contribution in [-0.4, -0.2) is 35.1 Å². The van der Waals surface area contributed by atoms with Gasteiger partial charge in [-0.2, -0.15) is 0 Å². The normalized spacial score (nSPS) is 18.2. The maximum absolute atomic E-state index is 12.0. The molecule has 0 saturated heterocycles. The van der Waals surface area contributed by atoms with Gasteiger partial charge >= 0.3 is 5.69 Å². The third-order valence-corrected chi connectivity index (χ3v) is 3.67. The van der Waals surface area contributed by atoms with Gasteiger partial charge in [0.15, 0.2) is 0 Å². The van der Waals surface area contributed by atoms with E-state index in [2.05, 4.69) is 9.88 Å². The fourth-order valence-corrected chi connectivity index (χ4v) is 3.04. The Labute approximate surface area is 110 Å². The monoisotopic (exact) mass is 259 g/mol. The molecule has 0 spiro atoms. The predicted molar refractivity (Wildman–Crippen MR) is 74.6 cm³/mol. The van der Waals surface area contributed by atoms with Gasteiger partial charge in [-0.1, -0.05) is 12.1 Å². The molecule has 1 aliphatic rings. The highest BCUT2D eigenvalue weighted by molar-refractivity contribution is 5.81. The van der Waals surface area contributed by atoms with Gasteiger partial charge in [0.05, 0.1) is 10.9 Å². The number of hydrogen-bond acceptors (Lipinski definition) is 3.